The third-order valence-corrected chi connectivity index (χ3v) is 6.19. The minimum absolute atomic E-state index is 0.233. The summed E-state index contributed by atoms with van der Waals surface area (Å²) in [7, 11) is 2.17. The summed E-state index contributed by atoms with van der Waals surface area (Å²) >= 11 is 5.93. The first-order valence-corrected chi connectivity index (χ1v) is 9.82. The molecule has 1 amide bonds. The van der Waals surface area contributed by atoms with Crippen LogP contribution in [0, 0.1) is 0 Å². The number of aliphatic hydroxyl groups is 1. The number of likely N-dealkylation sites (tertiary alicyclic amines) is 2. The van der Waals surface area contributed by atoms with Gasteiger partial charge in [0.05, 0.1) is 5.60 Å². The van der Waals surface area contributed by atoms with Gasteiger partial charge in [-0.25, -0.2) is 0 Å². The minimum atomic E-state index is -0.842. The Balaban J connectivity index is 1.49. The van der Waals surface area contributed by atoms with Crippen LogP contribution in [-0.4, -0.2) is 53.5 Å². The summed E-state index contributed by atoms with van der Waals surface area (Å²) in [5, 5.41) is 11.6. The number of rotatable bonds is 4. The lowest BCUT2D eigenvalue weighted by Gasteiger charge is -2.39. The lowest BCUT2D eigenvalue weighted by molar-refractivity contribution is -0.136. The average Bonchev–Trinajstić information content (AvgIpc) is 2.62. The number of carbonyl (C=O) groups excluding carboxylic acids is 1. The fraction of sp³-hybridized carbons (Fsp3) is 0.650. The summed E-state index contributed by atoms with van der Waals surface area (Å²) in [5.74, 6) is 0.233. The van der Waals surface area contributed by atoms with Crippen LogP contribution >= 0.6 is 11.6 Å². The highest BCUT2D eigenvalue weighted by molar-refractivity contribution is 6.30. The maximum atomic E-state index is 12.5. The van der Waals surface area contributed by atoms with Crippen molar-refractivity contribution in [1.29, 1.82) is 0 Å². The molecule has 2 heterocycles. The topological polar surface area (TPSA) is 43.8 Å². The van der Waals surface area contributed by atoms with Crippen LogP contribution in [0.15, 0.2) is 24.3 Å². The van der Waals surface area contributed by atoms with Gasteiger partial charge in [-0.15, -0.1) is 0 Å². The van der Waals surface area contributed by atoms with E-state index in [9.17, 15) is 9.90 Å². The Labute approximate surface area is 155 Å². The number of piperidine rings is 2. The second-order valence-corrected chi connectivity index (χ2v) is 8.02. The molecule has 0 radical (unpaired) electrons. The van der Waals surface area contributed by atoms with E-state index < -0.39 is 5.60 Å². The Morgan fingerprint density at radius 1 is 1.20 bits per heavy atom. The second-order valence-electron chi connectivity index (χ2n) is 7.59. The highest BCUT2D eigenvalue weighted by Gasteiger charge is 2.35. The van der Waals surface area contributed by atoms with Gasteiger partial charge in [-0.1, -0.05) is 30.2 Å². The molecule has 0 aliphatic carbocycles. The summed E-state index contributed by atoms with van der Waals surface area (Å²) in [6.07, 6.45) is 6.51. The van der Waals surface area contributed by atoms with E-state index in [4.69, 9.17) is 11.6 Å². The molecule has 1 unspecified atom stereocenters. The van der Waals surface area contributed by atoms with Crippen molar-refractivity contribution >= 4 is 17.5 Å². The van der Waals surface area contributed by atoms with Crippen molar-refractivity contribution in [3.63, 3.8) is 0 Å². The van der Waals surface area contributed by atoms with Crippen molar-refractivity contribution in [2.24, 2.45) is 0 Å². The van der Waals surface area contributed by atoms with E-state index in [1.165, 1.54) is 19.3 Å². The van der Waals surface area contributed by atoms with E-state index >= 15 is 0 Å². The number of nitrogens with zero attached hydrogens (tertiary/aromatic N) is 2. The van der Waals surface area contributed by atoms with Gasteiger partial charge in [-0.05, 0) is 63.4 Å². The predicted molar refractivity (Wildman–Crippen MR) is 101 cm³/mol. The Bertz CT molecular complexity index is 582. The number of hydrogen-bond acceptors (Lipinski definition) is 3. The normalized spacial score (nSPS) is 24.3. The minimum Gasteiger partial charge on any atom is -0.385 e. The lowest BCUT2D eigenvalue weighted by Crippen LogP contribution is -2.45. The molecule has 2 saturated heterocycles. The molecule has 2 aliphatic heterocycles. The maximum Gasteiger partial charge on any atom is 0.222 e. The molecule has 0 saturated carbocycles. The molecule has 4 nitrogen and oxygen atoms in total. The largest absolute Gasteiger partial charge is 0.385 e. The number of halogens is 1. The van der Waals surface area contributed by atoms with Gasteiger partial charge in [0, 0.05) is 30.6 Å². The van der Waals surface area contributed by atoms with E-state index in [-0.39, 0.29) is 5.91 Å². The third kappa shape index (κ3) is 4.55. The highest BCUT2D eigenvalue weighted by Crippen LogP contribution is 2.33. The third-order valence-electron chi connectivity index (χ3n) is 5.94. The molecule has 2 fully saturated rings. The van der Waals surface area contributed by atoms with Crippen LogP contribution in [0.2, 0.25) is 5.02 Å². The SMILES string of the molecule is CN1CCCCC1CCC(=O)N1CCC(O)(c2ccc(Cl)cc2)CC1. The van der Waals surface area contributed by atoms with Crippen LogP contribution < -0.4 is 0 Å². The molecule has 1 N–H and O–H groups in total. The zero-order chi connectivity index (χ0) is 17.9. The van der Waals surface area contributed by atoms with Gasteiger partial charge in [-0.2, -0.15) is 0 Å². The van der Waals surface area contributed by atoms with Crippen molar-refractivity contribution in [1.82, 2.24) is 9.80 Å². The molecular weight excluding hydrogens is 336 g/mol. The molecule has 1 atom stereocenters. The summed E-state index contributed by atoms with van der Waals surface area (Å²) in [6.45, 7) is 2.40. The van der Waals surface area contributed by atoms with Crippen LogP contribution in [0.25, 0.3) is 0 Å². The van der Waals surface area contributed by atoms with E-state index in [1.54, 1.807) is 0 Å². The standard InChI is InChI=1S/C20H29ClN2O2/c1-22-13-3-2-4-18(22)9-10-19(24)23-14-11-20(25,12-15-23)16-5-7-17(21)8-6-16/h5-8,18,25H,2-4,9-15H2,1H3. The average molecular weight is 365 g/mol. The van der Waals surface area contributed by atoms with Gasteiger partial charge in [0.2, 0.25) is 5.91 Å². The molecule has 1 aromatic carbocycles. The Morgan fingerprint density at radius 3 is 2.52 bits per heavy atom. The smallest absolute Gasteiger partial charge is 0.222 e. The van der Waals surface area contributed by atoms with Gasteiger partial charge < -0.3 is 14.9 Å². The van der Waals surface area contributed by atoms with Crippen molar-refractivity contribution in [2.45, 2.75) is 56.6 Å². The highest BCUT2D eigenvalue weighted by atomic mass is 35.5. The molecule has 5 heteroatoms. The first kappa shape index (κ1) is 18.7. The van der Waals surface area contributed by atoms with E-state index in [2.05, 4.69) is 11.9 Å². The molecule has 3 rings (SSSR count). The molecular formula is C20H29ClN2O2. The maximum absolute atomic E-state index is 12.5. The van der Waals surface area contributed by atoms with E-state index in [0.717, 1.165) is 18.5 Å². The van der Waals surface area contributed by atoms with Crippen molar-refractivity contribution in [2.75, 3.05) is 26.7 Å². The Morgan fingerprint density at radius 2 is 1.88 bits per heavy atom. The molecule has 25 heavy (non-hydrogen) atoms. The van der Waals surface area contributed by atoms with Crippen molar-refractivity contribution in [3.8, 4) is 0 Å². The fourth-order valence-corrected chi connectivity index (χ4v) is 4.26. The van der Waals surface area contributed by atoms with Crippen LogP contribution in [0.4, 0.5) is 0 Å². The van der Waals surface area contributed by atoms with Gasteiger partial charge in [0.15, 0.2) is 0 Å². The van der Waals surface area contributed by atoms with Crippen LogP contribution in [0.1, 0.15) is 50.5 Å². The predicted octanol–water partition coefficient (Wildman–Crippen LogP) is 3.41. The van der Waals surface area contributed by atoms with E-state index in [0.29, 0.717) is 43.4 Å². The van der Waals surface area contributed by atoms with Crippen LogP contribution in [0.3, 0.4) is 0 Å². The number of carbonyl (C=O) groups is 1. The Hall–Kier alpha value is -1.10. The van der Waals surface area contributed by atoms with Gasteiger partial charge >= 0.3 is 0 Å². The van der Waals surface area contributed by atoms with Gasteiger partial charge in [0.25, 0.3) is 0 Å². The number of benzene rings is 1. The summed E-state index contributed by atoms with van der Waals surface area (Å²) in [6, 6.07) is 7.95. The lowest BCUT2D eigenvalue weighted by atomic mass is 9.84. The zero-order valence-electron chi connectivity index (χ0n) is 15.1. The summed E-state index contributed by atoms with van der Waals surface area (Å²) in [5.41, 5.74) is 0.0538. The molecule has 0 aromatic heterocycles. The monoisotopic (exact) mass is 364 g/mol. The summed E-state index contributed by atoms with van der Waals surface area (Å²) < 4.78 is 0. The second kappa shape index (κ2) is 8.07. The number of hydrogen-bond donors (Lipinski definition) is 1. The van der Waals surface area contributed by atoms with Gasteiger partial charge in [-0.3, -0.25) is 4.79 Å². The molecule has 138 valence electrons. The van der Waals surface area contributed by atoms with Crippen LogP contribution in [0.5, 0.6) is 0 Å². The quantitative estimate of drug-likeness (QED) is 0.890. The number of amides is 1. The first-order valence-electron chi connectivity index (χ1n) is 9.44. The molecule has 0 spiro atoms. The van der Waals surface area contributed by atoms with Crippen LogP contribution in [-0.2, 0) is 10.4 Å². The molecule has 1 aromatic rings. The van der Waals surface area contributed by atoms with Crippen molar-refractivity contribution < 1.29 is 9.90 Å². The van der Waals surface area contributed by atoms with E-state index in [1.807, 2.05) is 29.2 Å². The Kier molecular flexibility index (Phi) is 6.03. The zero-order valence-corrected chi connectivity index (χ0v) is 15.8. The van der Waals surface area contributed by atoms with Crippen molar-refractivity contribution in [3.05, 3.63) is 34.9 Å². The first-order chi connectivity index (χ1) is 12.0. The summed E-state index contributed by atoms with van der Waals surface area (Å²) in [4.78, 5) is 16.9. The molecule has 0 bridgehead atoms. The van der Waals surface area contributed by atoms with Gasteiger partial charge in [0.1, 0.15) is 0 Å². The fourth-order valence-electron chi connectivity index (χ4n) is 4.13. The molecule has 2 aliphatic rings.